The summed E-state index contributed by atoms with van der Waals surface area (Å²) in [6.45, 7) is 2.83. The number of carbonyl (C=O) groups is 2. The zero-order chi connectivity index (χ0) is 15.7. The third-order valence-corrected chi connectivity index (χ3v) is 4.08. The van der Waals surface area contributed by atoms with Crippen molar-refractivity contribution in [1.82, 2.24) is 14.7 Å². The first-order chi connectivity index (χ1) is 10.5. The minimum Gasteiger partial charge on any atom is -0.447 e. The Hall–Kier alpha value is -2.08. The molecule has 2 aliphatic heterocycles. The van der Waals surface area contributed by atoms with E-state index in [0.29, 0.717) is 31.8 Å². The molecule has 2 saturated heterocycles. The summed E-state index contributed by atoms with van der Waals surface area (Å²) < 4.78 is 5.04. The van der Waals surface area contributed by atoms with E-state index in [1.54, 1.807) is 4.90 Å². The third-order valence-electron chi connectivity index (χ3n) is 4.08. The van der Waals surface area contributed by atoms with Crippen LogP contribution in [0.25, 0.3) is 0 Å². The fourth-order valence-electron chi connectivity index (χ4n) is 3.02. The van der Waals surface area contributed by atoms with Crippen LogP contribution in [0.5, 0.6) is 0 Å². The maximum Gasteiger partial charge on any atom is 0.410 e. The van der Waals surface area contributed by atoms with Gasteiger partial charge in [-0.3, -0.25) is 9.69 Å². The van der Waals surface area contributed by atoms with Crippen LogP contribution in [-0.4, -0.2) is 73.1 Å². The molecule has 2 amide bonds. The fraction of sp³-hybridized carbons (Fsp3) is 0.500. The molecule has 0 saturated carbocycles. The van der Waals surface area contributed by atoms with Gasteiger partial charge in [-0.05, 0) is 31.8 Å². The number of ether oxygens (including phenoxy) is 1. The van der Waals surface area contributed by atoms with Crippen LogP contribution in [0, 0.1) is 0 Å². The van der Waals surface area contributed by atoms with Gasteiger partial charge in [0.1, 0.15) is 6.61 Å². The molecule has 0 N–H and O–H groups in total. The van der Waals surface area contributed by atoms with Crippen molar-refractivity contribution in [2.45, 2.75) is 12.6 Å². The monoisotopic (exact) mass is 303 g/mol. The molecule has 0 aliphatic carbocycles. The number of amides is 2. The average molecular weight is 303 g/mol. The number of hydrogen-bond acceptors (Lipinski definition) is 4. The molecule has 2 aliphatic rings. The molecule has 0 aromatic heterocycles. The van der Waals surface area contributed by atoms with Gasteiger partial charge in [0, 0.05) is 31.7 Å². The van der Waals surface area contributed by atoms with Gasteiger partial charge < -0.3 is 14.5 Å². The summed E-state index contributed by atoms with van der Waals surface area (Å²) in [5.74, 6) is 0.0274. The number of piperazine rings is 1. The lowest BCUT2D eigenvalue weighted by atomic mass is 10.1. The molecular formula is C16H21N3O3. The number of hydrogen-bond donors (Lipinski definition) is 0. The van der Waals surface area contributed by atoms with Crippen LogP contribution < -0.4 is 0 Å². The van der Waals surface area contributed by atoms with Gasteiger partial charge in [-0.15, -0.1) is 0 Å². The van der Waals surface area contributed by atoms with Crippen LogP contribution in [0.4, 0.5) is 4.79 Å². The highest BCUT2D eigenvalue weighted by Gasteiger charge is 2.38. The van der Waals surface area contributed by atoms with Crippen molar-refractivity contribution in [3.8, 4) is 0 Å². The second-order valence-electron chi connectivity index (χ2n) is 6.11. The highest BCUT2D eigenvalue weighted by molar-refractivity contribution is 5.94. The second kappa shape index (κ2) is 5.96. The van der Waals surface area contributed by atoms with Crippen molar-refractivity contribution in [2.24, 2.45) is 0 Å². The molecule has 3 rings (SSSR count). The van der Waals surface area contributed by atoms with Crippen LogP contribution in [-0.2, 0) is 11.3 Å². The zero-order valence-corrected chi connectivity index (χ0v) is 13.0. The average Bonchev–Trinajstić information content (AvgIpc) is 2.87. The van der Waals surface area contributed by atoms with E-state index >= 15 is 0 Å². The molecule has 118 valence electrons. The second-order valence-corrected chi connectivity index (χ2v) is 6.11. The predicted molar refractivity (Wildman–Crippen MR) is 81.6 cm³/mol. The minimum atomic E-state index is -0.259. The third kappa shape index (κ3) is 2.92. The molecule has 0 spiro atoms. The highest BCUT2D eigenvalue weighted by atomic mass is 16.6. The van der Waals surface area contributed by atoms with Crippen molar-refractivity contribution in [2.75, 3.05) is 40.3 Å². The Labute approximate surface area is 130 Å². The molecular weight excluding hydrogens is 282 g/mol. The van der Waals surface area contributed by atoms with E-state index < -0.39 is 0 Å². The molecule has 1 atom stereocenters. The maximum absolute atomic E-state index is 12.7. The van der Waals surface area contributed by atoms with Gasteiger partial charge in [0.25, 0.3) is 5.91 Å². The number of cyclic esters (lactones) is 1. The van der Waals surface area contributed by atoms with Crippen LogP contribution in [0.2, 0.25) is 0 Å². The van der Waals surface area contributed by atoms with E-state index in [1.165, 1.54) is 0 Å². The molecule has 0 radical (unpaired) electrons. The van der Waals surface area contributed by atoms with Crippen molar-refractivity contribution in [3.05, 3.63) is 35.4 Å². The Morgan fingerprint density at radius 2 is 2.18 bits per heavy atom. The number of fused-ring (bicyclic) bond motifs is 1. The molecule has 2 fully saturated rings. The summed E-state index contributed by atoms with van der Waals surface area (Å²) in [5.41, 5.74) is 1.83. The highest BCUT2D eigenvalue weighted by Crippen LogP contribution is 2.19. The Kier molecular flexibility index (Phi) is 4.02. The smallest absolute Gasteiger partial charge is 0.410 e. The topological polar surface area (TPSA) is 53.1 Å². The van der Waals surface area contributed by atoms with Crippen LogP contribution in [0.3, 0.4) is 0 Å². The quantitative estimate of drug-likeness (QED) is 0.837. The lowest BCUT2D eigenvalue weighted by molar-refractivity contribution is 0.0617. The summed E-state index contributed by atoms with van der Waals surface area (Å²) >= 11 is 0. The Morgan fingerprint density at radius 1 is 1.36 bits per heavy atom. The summed E-state index contributed by atoms with van der Waals surface area (Å²) in [6, 6.07) is 7.74. The largest absolute Gasteiger partial charge is 0.447 e. The molecule has 6 heteroatoms. The number of nitrogens with zero attached hydrogens (tertiary/aromatic N) is 3. The normalized spacial score (nSPS) is 21.0. The van der Waals surface area contributed by atoms with Crippen molar-refractivity contribution in [3.63, 3.8) is 0 Å². The zero-order valence-electron chi connectivity index (χ0n) is 13.0. The summed E-state index contributed by atoms with van der Waals surface area (Å²) in [4.78, 5) is 29.8. The minimum absolute atomic E-state index is 0.00448. The van der Waals surface area contributed by atoms with E-state index in [4.69, 9.17) is 4.74 Å². The molecule has 1 aromatic rings. The van der Waals surface area contributed by atoms with Crippen LogP contribution in [0.15, 0.2) is 24.3 Å². The van der Waals surface area contributed by atoms with Crippen LogP contribution >= 0.6 is 0 Å². The van der Waals surface area contributed by atoms with E-state index in [9.17, 15) is 9.59 Å². The van der Waals surface area contributed by atoms with Crippen LogP contribution in [0.1, 0.15) is 15.9 Å². The van der Waals surface area contributed by atoms with Gasteiger partial charge in [0.15, 0.2) is 0 Å². The number of benzene rings is 1. The molecule has 1 aromatic carbocycles. The fourth-order valence-corrected chi connectivity index (χ4v) is 3.02. The molecule has 6 nitrogen and oxygen atoms in total. The molecule has 22 heavy (non-hydrogen) atoms. The van der Waals surface area contributed by atoms with E-state index in [2.05, 4.69) is 4.90 Å². The first-order valence-corrected chi connectivity index (χ1v) is 7.51. The number of rotatable bonds is 3. The van der Waals surface area contributed by atoms with E-state index in [1.807, 2.05) is 43.3 Å². The lowest BCUT2D eigenvalue weighted by Gasteiger charge is -2.35. The first-order valence-electron chi connectivity index (χ1n) is 7.51. The first kappa shape index (κ1) is 14.8. The van der Waals surface area contributed by atoms with Gasteiger partial charge >= 0.3 is 6.09 Å². The van der Waals surface area contributed by atoms with Gasteiger partial charge in [-0.2, -0.15) is 0 Å². The van der Waals surface area contributed by atoms with Gasteiger partial charge in [-0.25, -0.2) is 4.79 Å². The van der Waals surface area contributed by atoms with Crippen molar-refractivity contribution >= 4 is 12.0 Å². The SMILES string of the molecule is CN(C)Cc1cccc(C(=O)N2CCN3C(=O)OC[C@H]3C2)c1. The van der Waals surface area contributed by atoms with Gasteiger partial charge in [-0.1, -0.05) is 12.1 Å². The summed E-state index contributed by atoms with van der Waals surface area (Å²) in [5, 5.41) is 0. The molecule has 0 bridgehead atoms. The Morgan fingerprint density at radius 3 is 2.95 bits per heavy atom. The lowest BCUT2D eigenvalue weighted by Crippen LogP contribution is -2.53. The van der Waals surface area contributed by atoms with E-state index in [0.717, 1.165) is 12.1 Å². The Balaban J connectivity index is 1.70. The predicted octanol–water partition coefficient (Wildman–Crippen LogP) is 1.02. The summed E-state index contributed by atoms with van der Waals surface area (Å²) in [6.07, 6.45) is -0.259. The van der Waals surface area contributed by atoms with Gasteiger partial charge in [0.2, 0.25) is 0 Å². The molecule has 0 unspecified atom stereocenters. The summed E-state index contributed by atoms with van der Waals surface area (Å²) in [7, 11) is 4.01. The van der Waals surface area contributed by atoms with Crippen molar-refractivity contribution in [1.29, 1.82) is 0 Å². The standard InChI is InChI=1S/C16H21N3O3/c1-17(2)9-12-4-3-5-13(8-12)15(20)18-6-7-19-14(10-18)11-22-16(19)21/h3-5,8,14H,6-7,9-11H2,1-2H3/t14-/m1/s1. The number of carbonyl (C=O) groups excluding carboxylic acids is 2. The molecule has 2 heterocycles. The maximum atomic E-state index is 12.7. The van der Waals surface area contributed by atoms with E-state index in [-0.39, 0.29) is 18.0 Å². The Bertz CT molecular complexity index is 588. The van der Waals surface area contributed by atoms with Gasteiger partial charge in [0.05, 0.1) is 6.04 Å². The van der Waals surface area contributed by atoms with Crippen molar-refractivity contribution < 1.29 is 14.3 Å².